The Morgan fingerprint density at radius 3 is 1.74 bits per heavy atom. The third-order valence-electron chi connectivity index (χ3n) is 8.34. The Hall–Kier alpha value is -3.81. The number of aromatic nitrogens is 2. The fourth-order valence-electron chi connectivity index (χ4n) is 6.15. The van der Waals surface area contributed by atoms with Crippen LogP contribution in [0.1, 0.15) is 80.8 Å². The summed E-state index contributed by atoms with van der Waals surface area (Å²) in [5.41, 5.74) is 9.94. The van der Waals surface area contributed by atoms with Gasteiger partial charge in [0, 0.05) is 25.1 Å². The second-order valence-electron chi connectivity index (χ2n) is 13.3. The van der Waals surface area contributed by atoms with Crippen molar-refractivity contribution < 1.29 is 30.6 Å². The van der Waals surface area contributed by atoms with Crippen LogP contribution in [0.15, 0.2) is 108 Å². The van der Waals surface area contributed by atoms with Crippen LogP contribution in [0.2, 0.25) is 0 Å². The smallest absolute Gasteiger partial charge is 0.671 e. The minimum Gasteiger partial charge on any atom is -0.671 e. The van der Waals surface area contributed by atoms with Crippen molar-refractivity contribution in [2.75, 3.05) is 42.3 Å². The number of fused-ring (bicyclic) bond motifs is 1. The van der Waals surface area contributed by atoms with E-state index in [2.05, 4.69) is 153 Å². The molecule has 0 radical (unpaired) electrons. The molecule has 0 N–H and O–H groups in total. The van der Waals surface area contributed by atoms with Crippen LogP contribution in [0.5, 0.6) is 0 Å². The zero-order valence-electron chi connectivity index (χ0n) is 33.8. The van der Waals surface area contributed by atoms with Crippen molar-refractivity contribution in [3.05, 3.63) is 153 Å². The van der Waals surface area contributed by atoms with E-state index in [1.165, 1.54) is 16.7 Å². The molecule has 0 amide bonds. The Labute approximate surface area is 338 Å². The zero-order valence-corrected chi connectivity index (χ0v) is 36.3. The van der Waals surface area contributed by atoms with E-state index in [0.29, 0.717) is 11.8 Å². The van der Waals surface area contributed by atoms with Crippen LogP contribution in [0.3, 0.4) is 0 Å². The van der Waals surface area contributed by atoms with Gasteiger partial charge in [0.1, 0.15) is 11.3 Å². The predicted molar refractivity (Wildman–Crippen MR) is 225 cm³/mol. The molecule has 7 nitrogen and oxygen atoms in total. The molecule has 6 rings (SSSR count). The third kappa shape index (κ3) is 11.6. The number of hydrogen-bond acceptors (Lipinski definition) is 2. The predicted octanol–water partition coefficient (Wildman–Crippen LogP) is 13.0. The summed E-state index contributed by atoms with van der Waals surface area (Å²) in [5, 5.41) is 17.3. The quantitative estimate of drug-likeness (QED) is 0.146. The topological polar surface area (TPSA) is 87.4 Å². The van der Waals surface area contributed by atoms with Crippen molar-refractivity contribution in [2.24, 2.45) is 7.05 Å². The average molecular weight is 790 g/mol. The van der Waals surface area contributed by atoms with Crippen molar-refractivity contribution in [1.82, 2.24) is 9.55 Å². The van der Waals surface area contributed by atoms with Gasteiger partial charge in [-0.2, -0.15) is 42.3 Å². The first kappa shape index (κ1) is 45.4. The number of rotatable bonds is 9. The van der Waals surface area contributed by atoms with E-state index < -0.39 is 0 Å². The summed E-state index contributed by atoms with van der Waals surface area (Å²) in [6.07, 6.45) is 2.93. The molecule has 0 fully saturated rings. The summed E-state index contributed by atoms with van der Waals surface area (Å²) in [5.74, 6) is 2.53. The van der Waals surface area contributed by atoms with Crippen molar-refractivity contribution >= 4 is 16.7 Å². The molecule has 6 aromatic rings. The number of hydrogen-bond donors (Lipinski definition) is 0. The Bertz CT molecular complexity index is 1900. The van der Waals surface area contributed by atoms with Gasteiger partial charge in [-0.1, -0.05) is 137 Å². The van der Waals surface area contributed by atoms with Crippen LogP contribution in [0, 0.1) is 0 Å². The van der Waals surface area contributed by atoms with Gasteiger partial charge in [0.15, 0.2) is 0 Å². The SMILES string of the molecule is CCc1oc2ccccc2c1-c1cn(C)c(C([N-]c2c(C(C)C)cccc2C(C)C)c2ccccc2-c2ccccc2)n1.C[N-]C.C[N-]C.C[N-]C.[Zr+4]. The second kappa shape index (κ2) is 23.1. The molecule has 1 unspecified atom stereocenters. The summed E-state index contributed by atoms with van der Waals surface area (Å²) >= 11 is 0. The third-order valence-corrected chi connectivity index (χ3v) is 8.34. The molecule has 0 aliphatic rings. The first-order chi connectivity index (χ1) is 25.1. The van der Waals surface area contributed by atoms with Gasteiger partial charge in [-0.15, -0.1) is 5.69 Å². The molecule has 0 spiro atoms. The zero-order chi connectivity index (χ0) is 38.2. The standard InChI is InChI=1S/C39H40N3O.3C2H6N.Zr/c1-7-34-36(32-20-13-14-23-35(32)43-34)33-24-42(6)39(40-33)38(31-19-12-11-18-30(31)27-16-9-8-10-17-27)41-37-28(25(2)3)21-15-22-29(37)26(4)5;3*1-3-2;/h8-26,38H,7H2,1-6H3;3*1-2H3;/q4*-1;+4. The molecule has 8 heteroatoms. The van der Waals surface area contributed by atoms with Crippen LogP contribution in [-0.2, 0) is 39.7 Å². The molecule has 0 bridgehead atoms. The molecule has 0 aliphatic heterocycles. The molecular weight excluding hydrogens is 732 g/mol. The molecule has 0 saturated heterocycles. The first-order valence-corrected chi connectivity index (χ1v) is 18.1. The van der Waals surface area contributed by atoms with E-state index >= 15 is 0 Å². The van der Waals surface area contributed by atoms with Gasteiger partial charge >= 0.3 is 26.2 Å². The van der Waals surface area contributed by atoms with E-state index in [0.717, 1.165) is 57.0 Å². The Kier molecular flexibility index (Phi) is 19.8. The minimum absolute atomic E-state index is 0. The van der Waals surface area contributed by atoms with Crippen LogP contribution in [-0.4, -0.2) is 51.8 Å². The van der Waals surface area contributed by atoms with E-state index in [1.54, 1.807) is 42.3 Å². The van der Waals surface area contributed by atoms with Gasteiger partial charge in [-0.3, -0.25) is 0 Å². The molecule has 1 atom stereocenters. The Balaban J connectivity index is 0.000000886. The molecule has 0 saturated carbocycles. The van der Waals surface area contributed by atoms with Gasteiger partial charge < -0.3 is 30.3 Å². The van der Waals surface area contributed by atoms with E-state index in [-0.39, 0.29) is 32.2 Å². The maximum absolute atomic E-state index is 6.28. The number of para-hydroxylation sites is 2. The molecule has 2 aromatic heterocycles. The summed E-state index contributed by atoms with van der Waals surface area (Å²) in [6.45, 7) is 11.1. The second-order valence-corrected chi connectivity index (χ2v) is 13.3. The summed E-state index contributed by atoms with van der Waals surface area (Å²) in [6, 6.07) is 33.8. The Morgan fingerprint density at radius 1 is 0.660 bits per heavy atom. The normalized spacial score (nSPS) is 11.1. The summed E-state index contributed by atoms with van der Waals surface area (Å²) in [7, 11) is 12.6. The van der Waals surface area contributed by atoms with Crippen LogP contribution >= 0.6 is 0 Å². The molecule has 0 aliphatic carbocycles. The molecule has 278 valence electrons. The van der Waals surface area contributed by atoms with Crippen LogP contribution in [0.4, 0.5) is 5.69 Å². The number of benzene rings is 4. The van der Waals surface area contributed by atoms with Gasteiger partial charge in [0.25, 0.3) is 0 Å². The van der Waals surface area contributed by atoms with Crippen LogP contribution < -0.4 is 0 Å². The van der Waals surface area contributed by atoms with Crippen molar-refractivity contribution in [1.29, 1.82) is 0 Å². The summed E-state index contributed by atoms with van der Waals surface area (Å²) in [4.78, 5) is 5.38. The number of furan rings is 1. The molecule has 4 aromatic carbocycles. The molecular formula is C45H58N6OZr. The first-order valence-electron chi connectivity index (χ1n) is 18.1. The summed E-state index contributed by atoms with van der Waals surface area (Å²) < 4.78 is 8.43. The number of imidazole rings is 1. The van der Waals surface area contributed by atoms with Gasteiger partial charge in [0.05, 0.1) is 17.1 Å². The Morgan fingerprint density at radius 2 is 1.17 bits per heavy atom. The van der Waals surface area contributed by atoms with E-state index in [1.807, 2.05) is 12.1 Å². The maximum atomic E-state index is 6.28. The van der Waals surface area contributed by atoms with E-state index in [9.17, 15) is 0 Å². The molecule has 2 heterocycles. The fourth-order valence-corrected chi connectivity index (χ4v) is 6.15. The molecule has 53 heavy (non-hydrogen) atoms. The minimum atomic E-state index is -0.323. The van der Waals surface area contributed by atoms with Crippen molar-refractivity contribution in [3.8, 4) is 22.4 Å². The van der Waals surface area contributed by atoms with Gasteiger partial charge in [-0.05, 0) is 40.6 Å². The van der Waals surface area contributed by atoms with Crippen molar-refractivity contribution in [2.45, 2.75) is 58.9 Å². The fraction of sp³-hybridized carbons (Fsp3) is 0.356. The monoisotopic (exact) mass is 788 g/mol. The average Bonchev–Trinajstić information content (AvgIpc) is 3.71. The maximum Gasteiger partial charge on any atom is 4.00 e. The van der Waals surface area contributed by atoms with Gasteiger partial charge in [0.2, 0.25) is 0 Å². The van der Waals surface area contributed by atoms with Crippen molar-refractivity contribution in [3.63, 3.8) is 0 Å². The van der Waals surface area contributed by atoms with Crippen LogP contribution in [0.25, 0.3) is 54.6 Å². The largest absolute Gasteiger partial charge is 4.00 e. The number of aryl methyl sites for hydroxylation is 2. The van der Waals surface area contributed by atoms with Gasteiger partial charge in [-0.25, -0.2) is 4.98 Å². The van der Waals surface area contributed by atoms with E-state index in [4.69, 9.17) is 14.7 Å². The number of nitrogens with zero attached hydrogens (tertiary/aromatic N) is 6.